The predicted molar refractivity (Wildman–Crippen MR) is 126 cm³/mol. The van der Waals surface area contributed by atoms with Crippen LogP contribution in [0.1, 0.15) is 20.8 Å². The Balaban J connectivity index is 1.77. The number of ether oxygens (including phenoxy) is 2. The third kappa shape index (κ3) is 5.96. The van der Waals surface area contributed by atoms with E-state index in [0.717, 1.165) is 4.88 Å². The summed E-state index contributed by atoms with van der Waals surface area (Å²) in [7, 11) is 3.08. The first-order valence-electron chi connectivity index (χ1n) is 9.38. The van der Waals surface area contributed by atoms with Crippen molar-refractivity contribution in [1.82, 2.24) is 10.7 Å². The third-order valence-electron chi connectivity index (χ3n) is 4.23. The fraction of sp³-hybridized carbons (Fsp3) is 0.0870. The molecule has 0 aliphatic heterocycles. The van der Waals surface area contributed by atoms with Gasteiger partial charge >= 0.3 is 0 Å². The van der Waals surface area contributed by atoms with Crippen LogP contribution in [0.5, 0.6) is 11.5 Å². The van der Waals surface area contributed by atoms with Gasteiger partial charge in [-0.05, 0) is 53.4 Å². The summed E-state index contributed by atoms with van der Waals surface area (Å²) in [5.74, 6) is 0.0261. The Morgan fingerprint density at radius 3 is 2.50 bits per heavy atom. The van der Waals surface area contributed by atoms with Gasteiger partial charge in [-0.1, -0.05) is 29.8 Å². The zero-order valence-corrected chi connectivity index (χ0v) is 18.9. The van der Waals surface area contributed by atoms with Crippen molar-refractivity contribution in [2.45, 2.75) is 0 Å². The molecule has 0 aliphatic carbocycles. The number of hydrazone groups is 1. The molecule has 2 N–H and O–H groups in total. The Bertz CT molecular complexity index is 1160. The lowest BCUT2D eigenvalue weighted by molar-refractivity contribution is -0.117. The van der Waals surface area contributed by atoms with E-state index in [2.05, 4.69) is 15.8 Å². The van der Waals surface area contributed by atoms with Crippen molar-refractivity contribution in [3.8, 4) is 11.5 Å². The summed E-state index contributed by atoms with van der Waals surface area (Å²) in [5, 5.41) is 8.75. The molecule has 0 saturated heterocycles. The van der Waals surface area contributed by atoms with Crippen LogP contribution < -0.4 is 20.2 Å². The number of rotatable bonds is 8. The minimum absolute atomic E-state index is 0.0295. The van der Waals surface area contributed by atoms with Crippen LogP contribution in [-0.2, 0) is 4.79 Å². The molecule has 7 nitrogen and oxygen atoms in total. The van der Waals surface area contributed by atoms with E-state index < -0.39 is 11.8 Å². The SMILES string of the molecule is COc1ccc(/C=N/NC(=O)/C(=C\c2cccs2)NC(=O)c2ccccc2Cl)cc1OC. The first kappa shape index (κ1) is 23.1. The fourth-order valence-corrected chi connectivity index (χ4v) is 3.55. The van der Waals surface area contributed by atoms with Gasteiger partial charge in [-0.15, -0.1) is 11.3 Å². The number of carbonyl (C=O) groups excluding carboxylic acids is 2. The molecule has 3 rings (SSSR count). The number of nitrogens with zero attached hydrogens (tertiary/aromatic N) is 1. The lowest BCUT2D eigenvalue weighted by Crippen LogP contribution is -2.32. The summed E-state index contributed by atoms with van der Waals surface area (Å²) >= 11 is 7.53. The molecule has 0 spiro atoms. The van der Waals surface area contributed by atoms with Gasteiger partial charge in [0.25, 0.3) is 11.8 Å². The summed E-state index contributed by atoms with van der Waals surface area (Å²) < 4.78 is 10.5. The second kappa shape index (κ2) is 11.1. The zero-order valence-electron chi connectivity index (χ0n) is 17.3. The average molecular weight is 470 g/mol. The molecule has 0 bridgehead atoms. The van der Waals surface area contributed by atoms with Crippen LogP contribution in [-0.4, -0.2) is 32.2 Å². The van der Waals surface area contributed by atoms with Crippen molar-refractivity contribution < 1.29 is 19.1 Å². The van der Waals surface area contributed by atoms with Crippen LogP contribution in [0, 0.1) is 0 Å². The molecule has 0 aliphatic rings. The van der Waals surface area contributed by atoms with Crippen LogP contribution in [0.15, 0.2) is 70.8 Å². The van der Waals surface area contributed by atoms with Gasteiger partial charge in [0.15, 0.2) is 11.5 Å². The molecule has 32 heavy (non-hydrogen) atoms. The smallest absolute Gasteiger partial charge is 0.287 e. The van der Waals surface area contributed by atoms with Crippen LogP contribution in [0.25, 0.3) is 6.08 Å². The van der Waals surface area contributed by atoms with E-state index in [0.29, 0.717) is 17.1 Å². The summed E-state index contributed by atoms with van der Waals surface area (Å²) in [6.07, 6.45) is 3.03. The molecule has 164 valence electrons. The first-order valence-corrected chi connectivity index (χ1v) is 10.6. The van der Waals surface area contributed by atoms with Gasteiger partial charge in [0, 0.05) is 4.88 Å². The number of thiophene rings is 1. The van der Waals surface area contributed by atoms with E-state index in [4.69, 9.17) is 21.1 Å². The number of amides is 2. The molecule has 0 unspecified atom stereocenters. The lowest BCUT2D eigenvalue weighted by atomic mass is 10.2. The minimum atomic E-state index is -0.587. The van der Waals surface area contributed by atoms with Gasteiger partial charge in [-0.2, -0.15) is 5.10 Å². The van der Waals surface area contributed by atoms with E-state index in [9.17, 15) is 9.59 Å². The van der Waals surface area contributed by atoms with Gasteiger partial charge in [0.1, 0.15) is 5.70 Å². The first-order chi connectivity index (χ1) is 15.5. The summed E-state index contributed by atoms with van der Waals surface area (Å²) in [5.41, 5.74) is 3.40. The number of hydrogen-bond donors (Lipinski definition) is 2. The van der Waals surface area contributed by atoms with Crippen LogP contribution in [0.3, 0.4) is 0 Å². The minimum Gasteiger partial charge on any atom is -0.493 e. The van der Waals surface area contributed by atoms with Crippen molar-refractivity contribution >= 4 is 47.0 Å². The van der Waals surface area contributed by atoms with Crippen molar-refractivity contribution in [3.05, 3.63) is 86.7 Å². The Morgan fingerprint density at radius 2 is 1.81 bits per heavy atom. The number of carbonyl (C=O) groups is 2. The fourth-order valence-electron chi connectivity index (χ4n) is 2.67. The highest BCUT2D eigenvalue weighted by Crippen LogP contribution is 2.26. The normalized spacial score (nSPS) is 11.3. The van der Waals surface area contributed by atoms with Crippen molar-refractivity contribution in [3.63, 3.8) is 0 Å². The van der Waals surface area contributed by atoms with E-state index in [-0.39, 0.29) is 16.3 Å². The molecule has 1 aromatic heterocycles. The summed E-state index contributed by atoms with van der Waals surface area (Å²) in [4.78, 5) is 26.2. The Hall–Kier alpha value is -3.62. The van der Waals surface area contributed by atoms with E-state index in [1.165, 1.54) is 24.7 Å². The largest absolute Gasteiger partial charge is 0.493 e. The zero-order chi connectivity index (χ0) is 22.9. The quantitative estimate of drug-likeness (QED) is 0.292. The Labute approximate surface area is 194 Å². The maximum atomic E-state index is 12.8. The number of benzene rings is 2. The van der Waals surface area contributed by atoms with Gasteiger partial charge in [0.05, 0.1) is 31.0 Å². The highest BCUT2D eigenvalue weighted by molar-refractivity contribution is 7.10. The van der Waals surface area contributed by atoms with E-state index >= 15 is 0 Å². The molecule has 0 fully saturated rings. The van der Waals surface area contributed by atoms with Crippen LogP contribution in [0.2, 0.25) is 5.02 Å². The summed E-state index contributed by atoms with van der Waals surface area (Å²) in [6.45, 7) is 0. The molecule has 3 aromatic rings. The Kier molecular flexibility index (Phi) is 8.02. The molecule has 1 heterocycles. The standard InChI is InChI=1S/C23H20ClN3O4S/c1-30-20-10-9-15(12-21(20)31-2)14-25-27-23(29)19(13-16-6-5-11-32-16)26-22(28)17-7-3-4-8-18(17)24/h3-14H,1-2H3,(H,26,28)(H,27,29)/b19-13+,25-14+. The molecule has 9 heteroatoms. The molecular weight excluding hydrogens is 450 g/mol. The van der Waals surface area contributed by atoms with Crippen molar-refractivity contribution in [2.24, 2.45) is 5.10 Å². The maximum absolute atomic E-state index is 12.8. The second-order valence-corrected chi connectivity index (χ2v) is 7.71. The highest BCUT2D eigenvalue weighted by atomic mass is 35.5. The average Bonchev–Trinajstić information content (AvgIpc) is 3.31. The molecule has 2 amide bonds. The van der Waals surface area contributed by atoms with Crippen molar-refractivity contribution in [2.75, 3.05) is 14.2 Å². The van der Waals surface area contributed by atoms with Crippen molar-refractivity contribution in [1.29, 1.82) is 0 Å². The third-order valence-corrected chi connectivity index (χ3v) is 5.38. The summed E-state index contributed by atoms with van der Waals surface area (Å²) in [6, 6.07) is 15.5. The number of methoxy groups -OCH3 is 2. The van der Waals surface area contributed by atoms with E-state index in [1.807, 2.05) is 17.5 Å². The number of halogens is 1. The number of hydrogen-bond acceptors (Lipinski definition) is 6. The maximum Gasteiger partial charge on any atom is 0.287 e. The van der Waals surface area contributed by atoms with Crippen LogP contribution >= 0.6 is 22.9 Å². The molecule has 0 atom stereocenters. The van der Waals surface area contributed by atoms with Gasteiger partial charge < -0.3 is 14.8 Å². The highest BCUT2D eigenvalue weighted by Gasteiger charge is 2.16. The van der Waals surface area contributed by atoms with Crippen LogP contribution in [0.4, 0.5) is 0 Å². The van der Waals surface area contributed by atoms with Gasteiger partial charge in [0.2, 0.25) is 0 Å². The lowest BCUT2D eigenvalue weighted by Gasteiger charge is -2.10. The molecule has 2 aromatic carbocycles. The van der Waals surface area contributed by atoms with Gasteiger partial charge in [-0.3, -0.25) is 9.59 Å². The van der Waals surface area contributed by atoms with Gasteiger partial charge in [-0.25, -0.2) is 5.43 Å². The molecule has 0 saturated carbocycles. The van der Waals surface area contributed by atoms with E-state index in [1.54, 1.807) is 55.7 Å². The topological polar surface area (TPSA) is 89.0 Å². The Morgan fingerprint density at radius 1 is 1.03 bits per heavy atom. The molecule has 0 radical (unpaired) electrons. The number of nitrogens with one attached hydrogen (secondary N) is 2. The second-order valence-electron chi connectivity index (χ2n) is 6.32. The monoisotopic (exact) mass is 469 g/mol. The predicted octanol–water partition coefficient (Wildman–Crippen LogP) is 4.34. The molecular formula is C23H20ClN3O4S.